The van der Waals surface area contributed by atoms with Crippen LogP contribution in [0.25, 0.3) is 0 Å². The third-order valence-corrected chi connectivity index (χ3v) is 2.01. The lowest BCUT2D eigenvalue weighted by atomic mass is 9.93. The fourth-order valence-electron chi connectivity index (χ4n) is 0.690. The molecule has 0 aromatic heterocycles. The van der Waals surface area contributed by atoms with Crippen molar-refractivity contribution in [1.29, 1.82) is 0 Å². The van der Waals surface area contributed by atoms with E-state index in [0.717, 1.165) is 0 Å². The van der Waals surface area contributed by atoms with Gasteiger partial charge in [0, 0.05) is 29.5 Å². The van der Waals surface area contributed by atoms with Gasteiger partial charge in [0.05, 0.1) is 0 Å². The first-order valence-electron chi connectivity index (χ1n) is 3.41. The first-order valence-corrected chi connectivity index (χ1v) is 4.49. The van der Waals surface area contributed by atoms with Crippen molar-refractivity contribution in [1.82, 2.24) is 0 Å². The molecule has 1 aliphatic rings. The van der Waals surface area contributed by atoms with E-state index in [1.54, 1.807) is 22.6 Å². The number of hydrogen-bond donors (Lipinski definition) is 0. The maximum absolute atomic E-state index is 11.2. The minimum absolute atomic E-state index is 0.546. The van der Waals surface area contributed by atoms with Gasteiger partial charge in [-0.05, 0) is 13.8 Å². The van der Waals surface area contributed by atoms with Crippen LogP contribution in [-0.2, 0) is 19.1 Å². The summed E-state index contributed by atoms with van der Waals surface area (Å²) < 4.78 is 8.58. The van der Waals surface area contributed by atoms with Gasteiger partial charge < -0.3 is 9.47 Å². The summed E-state index contributed by atoms with van der Waals surface area (Å²) in [6, 6.07) is 0. The lowest BCUT2D eigenvalue weighted by Gasteiger charge is -2.34. The highest BCUT2D eigenvalue weighted by atomic mass is 127. The molecule has 5 heteroatoms. The fourth-order valence-corrected chi connectivity index (χ4v) is 1.09. The smallest absolute Gasteiger partial charge is 0.326 e. The average molecular weight is 284 g/mol. The van der Waals surface area contributed by atoms with Crippen LogP contribution >= 0.6 is 22.6 Å². The number of carbonyl (C=O) groups is 2. The van der Waals surface area contributed by atoms with Gasteiger partial charge in [0.1, 0.15) is 0 Å². The molecule has 0 aromatic carbocycles. The largest absolute Gasteiger partial charge is 0.413 e. The van der Waals surface area contributed by atoms with E-state index in [1.807, 2.05) is 0 Å². The molecule has 1 heterocycles. The van der Waals surface area contributed by atoms with Crippen LogP contribution in [0.5, 0.6) is 0 Å². The molecule has 1 aliphatic heterocycles. The van der Waals surface area contributed by atoms with Crippen LogP contribution < -0.4 is 0 Å². The Morgan fingerprint density at radius 2 is 1.42 bits per heavy atom. The Labute approximate surface area is 83.7 Å². The molecule has 0 radical (unpaired) electrons. The molecule has 4 nitrogen and oxygen atoms in total. The van der Waals surface area contributed by atoms with Gasteiger partial charge in [0.25, 0.3) is 0 Å². The van der Waals surface area contributed by atoms with Crippen molar-refractivity contribution in [3.8, 4) is 0 Å². The Balaban J connectivity index is 2.93. The molecule has 0 aliphatic carbocycles. The minimum atomic E-state index is -1.18. The quantitative estimate of drug-likeness (QED) is 0.290. The predicted octanol–water partition coefficient (Wildman–Crippen LogP) is 1.22. The van der Waals surface area contributed by atoms with Crippen LogP contribution in [0.4, 0.5) is 0 Å². The van der Waals surface area contributed by atoms with Crippen LogP contribution in [0.2, 0.25) is 0 Å². The predicted molar refractivity (Wildman–Crippen MR) is 48.4 cm³/mol. The van der Waals surface area contributed by atoms with Gasteiger partial charge >= 0.3 is 15.7 Å². The molecule has 0 N–H and O–H groups in total. The molecule has 1 saturated heterocycles. The highest BCUT2D eigenvalue weighted by Gasteiger charge is 2.50. The Morgan fingerprint density at radius 3 is 1.75 bits per heavy atom. The second-order valence-electron chi connectivity index (χ2n) is 3.24. The summed E-state index contributed by atoms with van der Waals surface area (Å²) in [7, 11) is 0. The molecule has 0 atom stereocenters. The Kier molecular flexibility index (Phi) is 2.10. The van der Waals surface area contributed by atoms with E-state index < -0.39 is 21.1 Å². The van der Waals surface area contributed by atoms with Crippen molar-refractivity contribution < 1.29 is 19.1 Å². The van der Waals surface area contributed by atoms with E-state index >= 15 is 0 Å². The number of ether oxygens (including phenoxy) is 2. The van der Waals surface area contributed by atoms with Crippen molar-refractivity contribution in [2.75, 3.05) is 0 Å². The number of carbonyl (C=O) groups excluding carboxylic acids is 2. The number of cyclic esters (lactones) is 2. The van der Waals surface area contributed by atoms with Crippen LogP contribution in [0.3, 0.4) is 0 Å². The summed E-state index contributed by atoms with van der Waals surface area (Å²) in [5.74, 6) is -1.09. The summed E-state index contributed by atoms with van der Waals surface area (Å²) in [6.07, 6.45) is 0. The van der Waals surface area contributed by atoms with Crippen LogP contribution in [0.15, 0.2) is 0 Å². The van der Waals surface area contributed by atoms with Gasteiger partial charge in [0.15, 0.2) is 5.41 Å². The van der Waals surface area contributed by atoms with E-state index in [1.165, 1.54) is 20.8 Å². The van der Waals surface area contributed by atoms with Crippen LogP contribution in [-0.4, -0.2) is 15.7 Å². The zero-order valence-corrected chi connectivity index (χ0v) is 9.17. The second-order valence-corrected chi connectivity index (χ2v) is 5.20. The van der Waals surface area contributed by atoms with Crippen molar-refractivity contribution in [2.45, 2.75) is 24.6 Å². The molecule has 0 spiro atoms. The highest BCUT2D eigenvalue weighted by Crippen LogP contribution is 2.35. The van der Waals surface area contributed by atoms with Gasteiger partial charge in [-0.3, -0.25) is 9.59 Å². The zero-order valence-electron chi connectivity index (χ0n) is 7.01. The fraction of sp³-hybridized carbons (Fsp3) is 0.714. The van der Waals surface area contributed by atoms with Gasteiger partial charge in [-0.25, -0.2) is 0 Å². The molecule has 1 fully saturated rings. The number of esters is 2. The number of hydrogen-bond acceptors (Lipinski definition) is 4. The topological polar surface area (TPSA) is 52.6 Å². The standard InChI is InChI=1S/C7H9IO4/c1-6(2)4(9)11-7(3,8)12-5(6)10/h1-3H3. The summed E-state index contributed by atoms with van der Waals surface area (Å²) in [4.78, 5) is 22.4. The molecular formula is C7H9IO4. The van der Waals surface area contributed by atoms with Crippen molar-refractivity contribution in [2.24, 2.45) is 5.41 Å². The van der Waals surface area contributed by atoms with E-state index in [9.17, 15) is 9.59 Å². The third kappa shape index (κ3) is 1.55. The number of alkyl halides is 1. The van der Waals surface area contributed by atoms with Crippen molar-refractivity contribution >= 4 is 34.5 Å². The average Bonchev–Trinajstić information content (AvgIpc) is 1.82. The van der Waals surface area contributed by atoms with E-state index in [-0.39, 0.29) is 0 Å². The Hall–Kier alpha value is -0.330. The van der Waals surface area contributed by atoms with Gasteiger partial charge in [0.2, 0.25) is 0 Å². The highest BCUT2D eigenvalue weighted by molar-refractivity contribution is 14.1. The molecule has 0 bridgehead atoms. The molecule has 12 heavy (non-hydrogen) atoms. The summed E-state index contributed by atoms with van der Waals surface area (Å²) in [6.45, 7) is 4.46. The van der Waals surface area contributed by atoms with Gasteiger partial charge in [-0.2, -0.15) is 0 Å². The lowest BCUT2D eigenvalue weighted by molar-refractivity contribution is -0.221. The first-order chi connectivity index (χ1) is 5.26. The normalized spacial score (nSPS) is 26.0. The molecule has 0 aromatic rings. The van der Waals surface area contributed by atoms with Gasteiger partial charge in [-0.1, -0.05) is 0 Å². The molecule has 1 rings (SSSR count). The van der Waals surface area contributed by atoms with Crippen molar-refractivity contribution in [3.63, 3.8) is 0 Å². The monoisotopic (exact) mass is 284 g/mol. The molecule has 0 amide bonds. The SMILES string of the molecule is CC1(I)OC(=O)C(C)(C)C(=O)O1. The van der Waals surface area contributed by atoms with Crippen LogP contribution in [0, 0.1) is 5.41 Å². The lowest BCUT2D eigenvalue weighted by Crippen LogP contribution is -2.49. The zero-order chi connectivity index (χ0) is 9.57. The molecule has 68 valence electrons. The molecule has 0 unspecified atom stereocenters. The third-order valence-electron chi connectivity index (χ3n) is 1.57. The maximum atomic E-state index is 11.2. The minimum Gasteiger partial charge on any atom is -0.413 e. The van der Waals surface area contributed by atoms with E-state index in [2.05, 4.69) is 0 Å². The first kappa shape index (κ1) is 9.76. The Bertz CT molecular complexity index is 222. The van der Waals surface area contributed by atoms with Crippen molar-refractivity contribution in [3.05, 3.63) is 0 Å². The van der Waals surface area contributed by atoms with E-state index in [0.29, 0.717) is 0 Å². The maximum Gasteiger partial charge on any atom is 0.326 e. The number of rotatable bonds is 0. The number of halogens is 1. The second kappa shape index (κ2) is 2.58. The Morgan fingerprint density at radius 1 is 1.08 bits per heavy atom. The van der Waals surface area contributed by atoms with Gasteiger partial charge in [-0.15, -0.1) is 0 Å². The molecule has 0 saturated carbocycles. The summed E-state index contributed by atoms with van der Waals surface area (Å²) in [5.41, 5.74) is -1.18. The summed E-state index contributed by atoms with van der Waals surface area (Å²) in [5, 5.41) is 0. The summed E-state index contributed by atoms with van der Waals surface area (Å²) >= 11 is 1.75. The van der Waals surface area contributed by atoms with E-state index in [4.69, 9.17) is 9.47 Å². The molecular weight excluding hydrogens is 275 g/mol. The van der Waals surface area contributed by atoms with Crippen LogP contribution in [0.1, 0.15) is 20.8 Å².